The Bertz CT molecular complexity index is 977. The second-order valence-corrected chi connectivity index (χ2v) is 11.2. The van der Waals surface area contributed by atoms with Crippen LogP contribution in [0.2, 0.25) is 0 Å². The van der Waals surface area contributed by atoms with Crippen LogP contribution in [0, 0.1) is 10.5 Å². The Labute approximate surface area is 174 Å². The van der Waals surface area contributed by atoms with Crippen LogP contribution >= 0.6 is 0 Å². The number of amides is 2. The Morgan fingerprint density at radius 3 is 2.54 bits per heavy atom. The number of piperidine rings is 1. The molecule has 1 saturated carbocycles. The third-order valence-corrected chi connectivity index (χ3v) is 9.33. The third kappa shape index (κ3) is 3.86. The Balaban J connectivity index is 1.77. The van der Waals surface area contributed by atoms with Crippen molar-refractivity contribution in [3.05, 3.63) is 37.9 Å². The van der Waals surface area contributed by atoms with E-state index in [0.29, 0.717) is 21.6 Å². The number of nitrogens with one attached hydrogen (secondary N) is 1. The number of aryl methyl sites for hydroxylation is 1. The third-order valence-electron chi connectivity index (χ3n) is 5.63. The second-order valence-electron chi connectivity index (χ2n) is 7.63. The van der Waals surface area contributed by atoms with E-state index >= 15 is 0 Å². The zero-order valence-electron chi connectivity index (χ0n) is 16.0. The standard InChI is InChI=1S/C21H25IN3O3/c1-13-23-16-10-6-9-15(22-14-7-4-2-3-5-8-14)19(16)21(28)25(13)17-11-12-18(26)24-20(17)27/h6,9-10,14,17H,2-5,7-8,11-12H2,1H3,(H,24,26,27)/q-1. The Morgan fingerprint density at radius 2 is 1.82 bits per heavy atom. The maximum atomic E-state index is 13.5. The molecule has 150 valence electrons. The number of hydrogen-bond acceptors (Lipinski definition) is 4. The quantitative estimate of drug-likeness (QED) is 0.274. The summed E-state index contributed by atoms with van der Waals surface area (Å²) in [6.07, 6.45) is 8.31. The molecule has 28 heavy (non-hydrogen) atoms. The van der Waals surface area contributed by atoms with Crippen LogP contribution in [0.1, 0.15) is 63.2 Å². The average molecular weight is 494 g/mol. The van der Waals surface area contributed by atoms with Gasteiger partial charge in [0.1, 0.15) is 0 Å². The second kappa shape index (κ2) is 8.31. The first kappa shape index (κ1) is 19.5. The van der Waals surface area contributed by atoms with E-state index in [0.717, 1.165) is 9.09 Å². The molecule has 7 heteroatoms. The fraction of sp³-hybridized carbons (Fsp3) is 0.524. The number of hydrogen-bond donors (Lipinski definition) is 1. The van der Waals surface area contributed by atoms with Crippen molar-refractivity contribution in [1.29, 1.82) is 0 Å². The monoisotopic (exact) mass is 494 g/mol. The van der Waals surface area contributed by atoms with Crippen molar-refractivity contribution in [2.24, 2.45) is 0 Å². The first-order chi connectivity index (χ1) is 13.5. The van der Waals surface area contributed by atoms with Crippen LogP contribution in [-0.2, 0) is 9.59 Å². The molecule has 2 aliphatic rings. The number of benzene rings is 1. The van der Waals surface area contributed by atoms with E-state index in [-0.39, 0.29) is 39.1 Å². The molecule has 0 radical (unpaired) electrons. The number of imide groups is 1. The number of carbonyl (C=O) groups is 2. The number of rotatable bonds is 3. The molecule has 2 fully saturated rings. The summed E-state index contributed by atoms with van der Waals surface area (Å²) >= 11 is -0.299. The molecule has 1 unspecified atom stereocenters. The molecule has 6 nitrogen and oxygen atoms in total. The zero-order chi connectivity index (χ0) is 19.7. The molecule has 1 aromatic carbocycles. The number of aromatic nitrogens is 2. The first-order valence-corrected chi connectivity index (χ1v) is 12.4. The van der Waals surface area contributed by atoms with Crippen LogP contribution in [0.5, 0.6) is 0 Å². The van der Waals surface area contributed by atoms with Crippen LogP contribution in [0.4, 0.5) is 0 Å². The van der Waals surface area contributed by atoms with Crippen LogP contribution in [0.25, 0.3) is 10.9 Å². The van der Waals surface area contributed by atoms with Crippen molar-refractivity contribution in [3.8, 4) is 0 Å². The summed E-state index contributed by atoms with van der Waals surface area (Å²) in [5.41, 5.74) is 0.581. The first-order valence-electron chi connectivity index (χ1n) is 10.0. The maximum absolute atomic E-state index is 13.5. The van der Waals surface area contributed by atoms with Crippen LogP contribution in [0.3, 0.4) is 0 Å². The molecule has 1 atom stereocenters. The van der Waals surface area contributed by atoms with Crippen molar-refractivity contribution < 1.29 is 30.8 Å². The van der Waals surface area contributed by atoms with E-state index in [1.54, 1.807) is 6.92 Å². The molecule has 4 rings (SSSR count). The van der Waals surface area contributed by atoms with Gasteiger partial charge in [-0.1, -0.05) is 0 Å². The van der Waals surface area contributed by atoms with Gasteiger partial charge in [0.25, 0.3) is 0 Å². The topological polar surface area (TPSA) is 81.1 Å². The number of halogens is 1. The zero-order valence-corrected chi connectivity index (χ0v) is 18.2. The molecule has 2 amide bonds. The molecule has 1 aliphatic heterocycles. The SMILES string of the molecule is Cc1nc2cccc([I-]C3CCCCCC3)c2c(=O)n1C1CCC(=O)NC1=O. The summed E-state index contributed by atoms with van der Waals surface area (Å²) < 4.78 is 3.35. The summed E-state index contributed by atoms with van der Waals surface area (Å²) in [4.78, 5) is 42.0. The van der Waals surface area contributed by atoms with E-state index < -0.39 is 11.9 Å². The summed E-state index contributed by atoms with van der Waals surface area (Å²) in [6, 6.07) is 5.30. The van der Waals surface area contributed by atoms with Crippen molar-refractivity contribution >= 4 is 22.7 Å². The fourth-order valence-electron chi connectivity index (χ4n) is 4.20. The van der Waals surface area contributed by atoms with Gasteiger partial charge in [-0.15, -0.1) is 0 Å². The predicted octanol–water partition coefficient (Wildman–Crippen LogP) is -0.336. The van der Waals surface area contributed by atoms with Crippen molar-refractivity contribution in [2.75, 3.05) is 0 Å². The van der Waals surface area contributed by atoms with Gasteiger partial charge in [0.2, 0.25) is 0 Å². The van der Waals surface area contributed by atoms with Crippen molar-refractivity contribution in [1.82, 2.24) is 14.9 Å². The molecule has 1 N–H and O–H groups in total. The van der Waals surface area contributed by atoms with Gasteiger partial charge in [-0.25, -0.2) is 0 Å². The van der Waals surface area contributed by atoms with E-state index in [4.69, 9.17) is 0 Å². The van der Waals surface area contributed by atoms with Gasteiger partial charge in [-0.2, -0.15) is 0 Å². The van der Waals surface area contributed by atoms with Gasteiger partial charge in [0.05, 0.1) is 0 Å². The Kier molecular flexibility index (Phi) is 5.80. The summed E-state index contributed by atoms with van der Waals surface area (Å²) in [6.45, 7) is 1.76. The molecule has 1 saturated heterocycles. The molecule has 1 aliphatic carbocycles. The summed E-state index contributed by atoms with van der Waals surface area (Å²) in [5.74, 6) is -0.156. The molecule has 0 bridgehead atoms. The van der Waals surface area contributed by atoms with E-state index in [2.05, 4.69) is 16.4 Å². The normalized spacial score (nSPS) is 21.7. The molecule has 2 heterocycles. The van der Waals surface area contributed by atoms with Crippen LogP contribution in [0.15, 0.2) is 23.0 Å². The van der Waals surface area contributed by atoms with Crippen LogP contribution < -0.4 is 32.1 Å². The molecular formula is C21H25IN3O3-. The van der Waals surface area contributed by atoms with Gasteiger partial charge in [-0.05, 0) is 0 Å². The number of alkyl halides is 1. The molecule has 0 spiro atoms. The van der Waals surface area contributed by atoms with Crippen molar-refractivity contribution in [2.45, 2.75) is 68.3 Å². The van der Waals surface area contributed by atoms with E-state index in [9.17, 15) is 14.4 Å². The van der Waals surface area contributed by atoms with E-state index in [1.165, 1.54) is 43.1 Å². The van der Waals surface area contributed by atoms with Gasteiger partial charge < -0.3 is 0 Å². The predicted molar refractivity (Wildman–Crippen MR) is 102 cm³/mol. The van der Waals surface area contributed by atoms with Gasteiger partial charge >= 0.3 is 175 Å². The minimum atomic E-state index is -0.661. The number of fused-ring (bicyclic) bond motifs is 1. The minimum absolute atomic E-state index is 0.138. The Hall–Kier alpha value is -1.77. The van der Waals surface area contributed by atoms with Crippen molar-refractivity contribution in [3.63, 3.8) is 0 Å². The number of carbonyl (C=O) groups excluding carboxylic acids is 2. The van der Waals surface area contributed by atoms with Gasteiger partial charge in [0.15, 0.2) is 0 Å². The summed E-state index contributed by atoms with van der Waals surface area (Å²) in [7, 11) is 0. The Morgan fingerprint density at radius 1 is 1.07 bits per heavy atom. The fourth-order valence-corrected chi connectivity index (χ4v) is 7.89. The molecule has 1 aromatic heterocycles. The molecular weight excluding hydrogens is 469 g/mol. The van der Waals surface area contributed by atoms with Gasteiger partial charge in [-0.3, -0.25) is 0 Å². The van der Waals surface area contributed by atoms with Gasteiger partial charge in [0, 0.05) is 0 Å². The van der Waals surface area contributed by atoms with E-state index in [1.807, 2.05) is 12.1 Å². The average Bonchev–Trinajstić information content (AvgIpc) is 2.92. The summed E-state index contributed by atoms with van der Waals surface area (Å²) in [5, 5.41) is 3.03. The number of nitrogens with zero attached hydrogens (tertiary/aromatic N) is 2. The molecule has 2 aromatic rings. The van der Waals surface area contributed by atoms with Crippen LogP contribution in [-0.4, -0.2) is 25.3 Å².